The lowest BCUT2D eigenvalue weighted by atomic mass is 9.48. The van der Waals surface area contributed by atoms with Gasteiger partial charge < -0.3 is 4.74 Å². The second-order valence-electron chi connectivity index (χ2n) is 10.6. The molecule has 5 fully saturated rings. The van der Waals surface area contributed by atoms with E-state index in [0.29, 0.717) is 26.3 Å². The third kappa shape index (κ3) is 4.10. The normalized spacial score (nSPS) is 30.5. The number of halogens is 2. The fourth-order valence-electron chi connectivity index (χ4n) is 7.26. The summed E-state index contributed by atoms with van der Waals surface area (Å²) in [6.07, 6.45) is 9.78. The number of hydrogen-bond acceptors (Lipinski definition) is 4. The summed E-state index contributed by atoms with van der Waals surface area (Å²) < 4.78 is 5.65. The zero-order chi connectivity index (χ0) is 24.3. The van der Waals surface area contributed by atoms with Crippen LogP contribution in [0.2, 0.25) is 10.0 Å². The molecule has 1 heterocycles. The summed E-state index contributed by atoms with van der Waals surface area (Å²) >= 11 is 13.5. The zero-order valence-electron chi connectivity index (χ0n) is 19.6. The first-order valence-electron chi connectivity index (χ1n) is 12.2. The van der Waals surface area contributed by atoms with Gasteiger partial charge in [-0.1, -0.05) is 35.3 Å². The lowest BCUT2D eigenvalue weighted by Crippen LogP contribution is -2.48. The highest BCUT2D eigenvalue weighted by atomic mass is 35.5. The number of ether oxygens (including phenoxy) is 1. The second-order valence-corrected chi connectivity index (χ2v) is 12.4. The Morgan fingerprint density at radius 3 is 2.26 bits per heavy atom. The minimum absolute atomic E-state index is 0.0466. The van der Waals surface area contributed by atoms with Crippen LogP contribution in [-0.2, 0) is 16.8 Å². The predicted octanol–water partition coefficient (Wildman–Crippen LogP) is 7.71. The van der Waals surface area contributed by atoms with Crippen molar-refractivity contribution >= 4 is 52.2 Å². The standard InChI is InChI=1S/C28H27Cl2NO3S/c1-34-24-6-5-20(28-12-16-7-17(13-28)9-18(8-16)14-28)10-19(24)11-25-26(32)31(27(33)35-25)15-21-22(29)3-2-4-23(21)30/h2-6,10-11,16-18H,7-9,12-15H2,1H3/b25-11+. The Morgan fingerprint density at radius 1 is 1.03 bits per heavy atom. The Morgan fingerprint density at radius 2 is 1.66 bits per heavy atom. The molecule has 0 aromatic heterocycles. The molecular formula is C28H27Cl2NO3S. The maximum Gasteiger partial charge on any atom is 0.293 e. The van der Waals surface area contributed by atoms with E-state index in [2.05, 4.69) is 12.1 Å². The monoisotopic (exact) mass is 527 g/mol. The smallest absolute Gasteiger partial charge is 0.293 e. The number of carbonyl (C=O) groups is 2. The van der Waals surface area contributed by atoms with Gasteiger partial charge in [-0.05, 0) is 109 Å². The van der Waals surface area contributed by atoms with Crippen molar-refractivity contribution in [3.8, 4) is 5.75 Å². The Bertz CT molecular complexity index is 1200. The van der Waals surface area contributed by atoms with Crippen LogP contribution >= 0.6 is 35.0 Å². The van der Waals surface area contributed by atoms with Crippen molar-refractivity contribution in [2.45, 2.75) is 50.5 Å². The van der Waals surface area contributed by atoms with Crippen molar-refractivity contribution < 1.29 is 14.3 Å². The average Bonchev–Trinajstić information content (AvgIpc) is 3.07. The molecule has 2 amide bonds. The van der Waals surface area contributed by atoms with Gasteiger partial charge in [0, 0.05) is 21.2 Å². The van der Waals surface area contributed by atoms with Crippen LogP contribution in [0.15, 0.2) is 41.3 Å². The van der Waals surface area contributed by atoms with E-state index in [4.69, 9.17) is 27.9 Å². The molecule has 4 bridgehead atoms. The van der Waals surface area contributed by atoms with Gasteiger partial charge in [-0.25, -0.2) is 0 Å². The molecule has 0 radical (unpaired) electrons. The van der Waals surface area contributed by atoms with E-state index in [1.165, 1.54) is 49.0 Å². The summed E-state index contributed by atoms with van der Waals surface area (Å²) in [4.78, 5) is 27.6. The first-order valence-corrected chi connectivity index (χ1v) is 13.8. The third-order valence-corrected chi connectivity index (χ3v) is 10.0. The topological polar surface area (TPSA) is 46.6 Å². The Balaban J connectivity index is 1.31. The summed E-state index contributed by atoms with van der Waals surface area (Å²) in [6, 6.07) is 11.6. The maximum atomic E-state index is 13.2. The number of methoxy groups -OCH3 is 1. The molecule has 4 nitrogen and oxygen atoms in total. The van der Waals surface area contributed by atoms with Gasteiger partial charge in [-0.15, -0.1) is 0 Å². The number of rotatable bonds is 5. The SMILES string of the molecule is COc1ccc(C23CC4CC(CC(C4)C2)C3)cc1/C=C1/SC(=O)N(Cc2c(Cl)cccc2Cl)C1=O. The van der Waals surface area contributed by atoms with Crippen LogP contribution in [0.25, 0.3) is 6.08 Å². The van der Waals surface area contributed by atoms with E-state index in [1.54, 1.807) is 25.3 Å². The first kappa shape index (κ1) is 23.4. The lowest BCUT2D eigenvalue weighted by molar-refractivity contribution is -0.123. The molecule has 2 aromatic carbocycles. The molecule has 4 aliphatic carbocycles. The fourth-order valence-corrected chi connectivity index (χ4v) is 8.61. The van der Waals surface area contributed by atoms with E-state index in [1.807, 2.05) is 12.1 Å². The molecule has 5 aliphatic rings. The van der Waals surface area contributed by atoms with E-state index in [-0.39, 0.29) is 23.1 Å². The molecule has 0 unspecified atom stereocenters. The molecule has 35 heavy (non-hydrogen) atoms. The first-order chi connectivity index (χ1) is 16.8. The highest BCUT2D eigenvalue weighted by Gasteiger charge is 2.51. The second kappa shape index (κ2) is 8.86. The minimum atomic E-state index is -0.335. The van der Waals surface area contributed by atoms with Crippen LogP contribution < -0.4 is 4.74 Å². The van der Waals surface area contributed by atoms with Gasteiger partial charge in [0.05, 0.1) is 18.6 Å². The van der Waals surface area contributed by atoms with Crippen LogP contribution in [0.1, 0.15) is 55.2 Å². The Hall–Kier alpha value is -1.95. The number of thioether (sulfide) groups is 1. The van der Waals surface area contributed by atoms with Gasteiger partial charge in [0.2, 0.25) is 0 Å². The number of hydrogen-bond donors (Lipinski definition) is 0. The van der Waals surface area contributed by atoms with Gasteiger partial charge in [-0.2, -0.15) is 0 Å². The van der Waals surface area contributed by atoms with E-state index in [0.717, 1.165) is 35.1 Å². The number of carbonyl (C=O) groups excluding carboxylic acids is 2. The molecule has 1 aliphatic heterocycles. The molecule has 0 N–H and O–H groups in total. The lowest BCUT2D eigenvalue weighted by Gasteiger charge is -2.57. The van der Waals surface area contributed by atoms with Crippen molar-refractivity contribution in [3.05, 3.63) is 68.0 Å². The Labute approximate surface area is 220 Å². The highest BCUT2D eigenvalue weighted by molar-refractivity contribution is 8.18. The number of amides is 2. The molecule has 2 aromatic rings. The molecule has 182 valence electrons. The van der Waals surface area contributed by atoms with Gasteiger partial charge in [0.25, 0.3) is 11.1 Å². The quantitative estimate of drug-likeness (QED) is 0.373. The average molecular weight is 529 g/mol. The van der Waals surface area contributed by atoms with Crippen LogP contribution in [0.3, 0.4) is 0 Å². The number of nitrogens with zero attached hydrogens (tertiary/aromatic N) is 1. The van der Waals surface area contributed by atoms with E-state index < -0.39 is 0 Å². The molecule has 7 rings (SSSR count). The predicted molar refractivity (Wildman–Crippen MR) is 141 cm³/mol. The van der Waals surface area contributed by atoms with Gasteiger partial charge >= 0.3 is 0 Å². The van der Waals surface area contributed by atoms with Crippen molar-refractivity contribution in [2.75, 3.05) is 7.11 Å². The summed E-state index contributed by atoms with van der Waals surface area (Å²) in [5.41, 5.74) is 3.01. The molecular weight excluding hydrogens is 501 g/mol. The van der Waals surface area contributed by atoms with Crippen molar-refractivity contribution in [3.63, 3.8) is 0 Å². The molecule has 0 spiro atoms. The Kier molecular flexibility index (Phi) is 5.94. The van der Waals surface area contributed by atoms with Crippen molar-refractivity contribution in [1.82, 2.24) is 4.90 Å². The van der Waals surface area contributed by atoms with Crippen LogP contribution in [-0.4, -0.2) is 23.2 Å². The van der Waals surface area contributed by atoms with Crippen LogP contribution in [0.4, 0.5) is 4.79 Å². The highest BCUT2D eigenvalue weighted by Crippen LogP contribution is 2.61. The largest absolute Gasteiger partial charge is 0.496 e. The molecule has 0 atom stereocenters. The minimum Gasteiger partial charge on any atom is -0.496 e. The van der Waals surface area contributed by atoms with E-state index in [9.17, 15) is 9.59 Å². The van der Waals surface area contributed by atoms with Crippen LogP contribution in [0, 0.1) is 17.8 Å². The van der Waals surface area contributed by atoms with Gasteiger partial charge in [0.15, 0.2) is 0 Å². The third-order valence-electron chi connectivity index (χ3n) is 8.42. The van der Waals surface area contributed by atoms with Crippen molar-refractivity contribution in [2.24, 2.45) is 17.8 Å². The van der Waals surface area contributed by atoms with Crippen molar-refractivity contribution in [1.29, 1.82) is 0 Å². The summed E-state index contributed by atoms with van der Waals surface area (Å²) in [5, 5.41) is 0.546. The van der Waals surface area contributed by atoms with E-state index >= 15 is 0 Å². The molecule has 7 heteroatoms. The summed E-state index contributed by atoms with van der Waals surface area (Å²) in [5.74, 6) is 2.91. The maximum absolute atomic E-state index is 13.2. The van der Waals surface area contributed by atoms with Gasteiger partial charge in [-0.3, -0.25) is 14.5 Å². The molecule has 4 saturated carbocycles. The zero-order valence-corrected chi connectivity index (χ0v) is 21.9. The summed E-state index contributed by atoms with van der Waals surface area (Å²) in [6.45, 7) is 0.0466. The summed E-state index contributed by atoms with van der Waals surface area (Å²) in [7, 11) is 1.64. The number of benzene rings is 2. The van der Waals surface area contributed by atoms with Gasteiger partial charge in [0.1, 0.15) is 5.75 Å². The number of imide groups is 1. The molecule has 1 saturated heterocycles. The van der Waals surface area contributed by atoms with Crippen LogP contribution in [0.5, 0.6) is 5.75 Å². The fraction of sp³-hybridized carbons (Fsp3) is 0.429.